The lowest BCUT2D eigenvalue weighted by atomic mass is 10.1. The number of carbonyl (C=O) groups excluding carboxylic acids is 1. The van der Waals surface area contributed by atoms with Gasteiger partial charge in [-0.05, 0) is 25.1 Å². The van der Waals surface area contributed by atoms with Crippen LogP contribution >= 0.6 is 0 Å². The second-order valence-electron chi connectivity index (χ2n) is 7.65. The van der Waals surface area contributed by atoms with Crippen molar-refractivity contribution in [3.05, 3.63) is 48.2 Å². The summed E-state index contributed by atoms with van der Waals surface area (Å²) in [4.78, 5) is 17.0. The predicted octanol–water partition coefficient (Wildman–Crippen LogP) is 2.88. The zero-order valence-corrected chi connectivity index (χ0v) is 16.5. The summed E-state index contributed by atoms with van der Waals surface area (Å²) in [5, 5.41) is 3.07. The first-order valence-corrected chi connectivity index (χ1v) is 9.92. The Hall–Kier alpha value is -2.11. The Morgan fingerprint density at radius 3 is 2.59 bits per heavy atom. The van der Waals surface area contributed by atoms with Gasteiger partial charge in [0.2, 0.25) is 5.91 Å². The van der Waals surface area contributed by atoms with Crippen LogP contribution in [0.3, 0.4) is 0 Å². The van der Waals surface area contributed by atoms with Gasteiger partial charge in [-0.25, -0.2) is 0 Å². The highest BCUT2D eigenvalue weighted by Crippen LogP contribution is 2.22. The van der Waals surface area contributed by atoms with Gasteiger partial charge in [0, 0.05) is 57.7 Å². The van der Waals surface area contributed by atoms with E-state index in [1.165, 1.54) is 0 Å². The minimum Gasteiger partial charge on any atom is -0.461 e. The van der Waals surface area contributed by atoms with Crippen molar-refractivity contribution < 1.29 is 9.21 Å². The summed E-state index contributed by atoms with van der Waals surface area (Å²) in [5.41, 5.74) is 1.06. The maximum absolute atomic E-state index is 12.2. The first-order valence-electron chi connectivity index (χ1n) is 9.92. The molecule has 0 saturated carbocycles. The van der Waals surface area contributed by atoms with Crippen LogP contribution < -0.4 is 5.32 Å². The number of likely N-dealkylation sites (N-methyl/N-ethyl adjacent to an activating group) is 1. The summed E-state index contributed by atoms with van der Waals surface area (Å²) in [5.74, 6) is 2.27. The van der Waals surface area contributed by atoms with Gasteiger partial charge in [0.05, 0.1) is 0 Å². The average Bonchev–Trinajstić information content (AvgIpc) is 3.16. The molecular weight excluding hydrogens is 338 g/mol. The molecule has 1 aromatic heterocycles. The first-order chi connectivity index (χ1) is 13.1. The molecule has 0 radical (unpaired) electrons. The standard InChI is InChI=1S/C22H31N3O2/c1-18(17-25-14-12-24(2)13-15-25)16-23-22(26)11-9-20-8-10-21(27-20)19-6-4-3-5-7-19/h3-8,10,18H,9,11-17H2,1-2H3,(H,23,26). The highest BCUT2D eigenvalue weighted by molar-refractivity contribution is 5.76. The summed E-state index contributed by atoms with van der Waals surface area (Å²) in [6, 6.07) is 14.0. The molecule has 146 valence electrons. The van der Waals surface area contributed by atoms with E-state index in [2.05, 4.69) is 29.1 Å². The van der Waals surface area contributed by atoms with Crippen LogP contribution in [-0.2, 0) is 11.2 Å². The van der Waals surface area contributed by atoms with Gasteiger partial charge in [-0.15, -0.1) is 0 Å². The number of hydrogen-bond donors (Lipinski definition) is 1. The third kappa shape index (κ3) is 6.22. The Morgan fingerprint density at radius 2 is 1.85 bits per heavy atom. The van der Waals surface area contributed by atoms with Crippen molar-refractivity contribution in [2.24, 2.45) is 5.92 Å². The van der Waals surface area contributed by atoms with Crippen molar-refractivity contribution >= 4 is 5.91 Å². The van der Waals surface area contributed by atoms with Gasteiger partial charge in [0.15, 0.2) is 0 Å². The Morgan fingerprint density at radius 1 is 1.11 bits per heavy atom. The zero-order valence-electron chi connectivity index (χ0n) is 16.5. The quantitative estimate of drug-likeness (QED) is 0.777. The van der Waals surface area contributed by atoms with Gasteiger partial charge >= 0.3 is 0 Å². The molecule has 5 nitrogen and oxygen atoms in total. The number of nitrogens with zero attached hydrogens (tertiary/aromatic N) is 2. The molecule has 1 N–H and O–H groups in total. The fraction of sp³-hybridized carbons (Fsp3) is 0.500. The minimum atomic E-state index is 0.0953. The molecule has 1 fully saturated rings. The number of nitrogens with one attached hydrogen (secondary N) is 1. The SMILES string of the molecule is CC(CNC(=O)CCc1ccc(-c2ccccc2)o1)CN1CCN(C)CC1. The lowest BCUT2D eigenvalue weighted by Gasteiger charge is -2.33. The monoisotopic (exact) mass is 369 g/mol. The van der Waals surface area contributed by atoms with Gasteiger partial charge < -0.3 is 19.5 Å². The van der Waals surface area contributed by atoms with Gasteiger partial charge in [0.1, 0.15) is 11.5 Å². The third-order valence-electron chi connectivity index (χ3n) is 5.13. The van der Waals surface area contributed by atoms with Crippen molar-refractivity contribution in [1.82, 2.24) is 15.1 Å². The van der Waals surface area contributed by atoms with E-state index in [4.69, 9.17) is 4.42 Å². The van der Waals surface area contributed by atoms with Crippen LogP contribution in [0.1, 0.15) is 19.1 Å². The van der Waals surface area contributed by atoms with Crippen LogP contribution in [0.4, 0.5) is 0 Å². The third-order valence-corrected chi connectivity index (χ3v) is 5.13. The molecule has 0 bridgehead atoms. The Kier molecular flexibility index (Phi) is 7.07. The topological polar surface area (TPSA) is 48.7 Å². The number of carbonyl (C=O) groups is 1. The molecule has 1 unspecified atom stereocenters. The summed E-state index contributed by atoms with van der Waals surface area (Å²) in [7, 11) is 2.17. The highest BCUT2D eigenvalue weighted by atomic mass is 16.3. The fourth-order valence-corrected chi connectivity index (χ4v) is 3.42. The molecule has 2 aromatic rings. The van der Waals surface area contributed by atoms with E-state index < -0.39 is 0 Å². The van der Waals surface area contributed by atoms with Crippen LogP contribution in [0.2, 0.25) is 0 Å². The molecule has 27 heavy (non-hydrogen) atoms. The normalized spacial score (nSPS) is 17.0. The number of aryl methyl sites for hydroxylation is 1. The summed E-state index contributed by atoms with van der Waals surface area (Å²) < 4.78 is 5.86. The number of piperazine rings is 1. The molecule has 1 aromatic carbocycles. The number of rotatable bonds is 8. The van der Waals surface area contributed by atoms with Crippen LogP contribution in [0.25, 0.3) is 11.3 Å². The molecule has 1 aliphatic heterocycles. The molecule has 1 amide bonds. The second-order valence-corrected chi connectivity index (χ2v) is 7.65. The minimum absolute atomic E-state index is 0.0953. The Balaban J connectivity index is 1.35. The maximum atomic E-state index is 12.2. The highest BCUT2D eigenvalue weighted by Gasteiger charge is 2.16. The molecule has 3 rings (SSSR count). The fourth-order valence-electron chi connectivity index (χ4n) is 3.42. The Labute approximate surface area is 162 Å². The van der Waals surface area contributed by atoms with Crippen molar-refractivity contribution in [3.8, 4) is 11.3 Å². The van der Waals surface area contributed by atoms with Crippen molar-refractivity contribution in [2.45, 2.75) is 19.8 Å². The molecule has 0 aliphatic carbocycles. The van der Waals surface area contributed by atoms with E-state index in [1.807, 2.05) is 42.5 Å². The van der Waals surface area contributed by atoms with E-state index in [1.54, 1.807) is 0 Å². The second kappa shape index (κ2) is 9.72. The zero-order chi connectivity index (χ0) is 19.1. The van der Waals surface area contributed by atoms with E-state index in [-0.39, 0.29) is 5.91 Å². The van der Waals surface area contributed by atoms with Gasteiger partial charge in [0.25, 0.3) is 0 Å². The Bertz CT molecular complexity index is 705. The molecule has 2 heterocycles. The van der Waals surface area contributed by atoms with Crippen LogP contribution in [0.5, 0.6) is 0 Å². The smallest absolute Gasteiger partial charge is 0.220 e. The van der Waals surface area contributed by atoms with E-state index in [9.17, 15) is 4.79 Å². The molecule has 1 atom stereocenters. The van der Waals surface area contributed by atoms with Crippen molar-refractivity contribution in [1.29, 1.82) is 0 Å². The van der Waals surface area contributed by atoms with E-state index in [0.29, 0.717) is 18.8 Å². The first kappa shape index (κ1) is 19.6. The molecule has 0 spiro atoms. The van der Waals surface area contributed by atoms with Crippen molar-refractivity contribution in [2.75, 3.05) is 46.3 Å². The number of furan rings is 1. The molecule has 5 heteroatoms. The number of amides is 1. The lowest BCUT2D eigenvalue weighted by molar-refractivity contribution is -0.121. The van der Waals surface area contributed by atoms with Crippen LogP contribution in [0.15, 0.2) is 46.9 Å². The van der Waals surface area contributed by atoms with E-state index >= 15 is 0 Å². The number of hydrogen-bond acceptors (Lipinski definition) is 4. The van der Waals surface area contributed by atoms with Crippen LogP contribution in [0, 0.1) is 5.92 Å². The summed E-state index contributed by atoms with van der Waals surface area (Å²) in [6.07, 6.45) is 1.09. The average molecular weight is 370 g/mol. The molecule has 1 aliphatic rings. The summed E-state index contributed by atoms with van der Waals surface area (Å²) in [6.45, 7) is 8.50. The lowest BCUT2D eigenvalue weighted by Crippen LogP contribution is -2.46. The molecule has 1 saturated heterocycles. The summed E-state index contributed by atoms with van der Waals surface area (Å²) >= 11 is 0. The van der Waals surface area contributed by atoms with Crippen molar-refractivity contribution in [3.63, 3.8) is 0 Å². The largest absolute Gasteiger partial charge is 0.461 e. The van der Waals surface area contributed by atoms with Gasteiger partial charge in [-0.3, -0.25) is 4.79 Å². The van der Waals surface area contributed by atoms with Gasteiger partial charge in [-0.1, -0.05) is 37.3 Å². The van der Waals surface area contributed by atoms with E-state index in [0.717, 1.165) is 56.4 Å². The van der Waals surface area contributed by atoms with Gasteiger partial charge in [-0.2, -0.15) is 0 Å². The predicted molar refractivity (Wildman–Crippen MR) is 109 cm³/mol. The maximum Gasteiger partial charge on any atom is 0.220 e. The molecular formula is C22H31N3O2. The number of benzene rings is 1. The van der Waals surface area contributed by atoms with Crippen LogP contribution in [-0.4, -0.2) is 62.0 Å².